The Morgan fingerprint density at radius 2 is 1.93 bits per heavy atom. The molecule has 0 atom stereocenters. The summed E-state index contributed by atoms with van der Waals surface area (Å²) in [6.07, 6.45) is 3.78. The third-order valence-corrected chi connectivity index (χ3v) is 4.55. The number of amides is 1. The van der Waals surface area contributed by atoms with Gasteiger partial charge in [-0.3, -0.25) is 9.78 Å². The van der Waals surface area contributed by atoms with Crippen LogP contribution in [0.3, 0.4) is 0 Å². The molecule has 3 N–H and O–H groups in total. The zero-order valence-electron chi connectivity index (χ0n) is 15.4. The van der Waals surface area contributed by atoms with E-state index in [1.54, 1.807) is 24.4 Å². The average Bonchev–Trinajstić information content (AvgIpc) is 3.05. The highest BCUT2D eigenvalue weighted by Crippen LogP contribution is 2.33. The Hall–Kier alpha value is -3.74. The van der Waals surface area contributed by atoms with Crippen molar-refractivity contribution in [3.05, 3.63) is 89.9 Å². The summed E-state index contributed by atoms with van der Waals surface area (Å²) in [5.74, 6) is -1.34. The molecule has 2 heterocycles. The second kappa shape index (κ2) is 8.10. The number of nitrogens with one attached hydrogen (secondary N) is 3. The molecule has 1 aliphatic heterocycles. The van der Waals surface area contributed by atoms with E-state index in [-0.39, 0.29) is 11.1 Å². The number of nitrogens with zero attached hydrogens (tertiary/aromatic N) is 1. The van der Waals surface area contributed by atoms with Crippen LogP contribution in [0.1, 0.15) is 11.3 Å². The van der Waals surface area contributed by atoms with Gasteiger partial charge in [0.05, 0.1) is 16.9 Å². The Labute approximate surface area is 166 Å². The molecular weight excluding hydrogens is 374 g/mol. The van der Waals surface area contributed by atoms with E-state index in [0.717, 1.165) is 5.69 Å². The van der Waals surface area contributed by atoms with Crippen LogP contribution in [0.4, 0.5) is 25.8 Å². The van der Waals surface area contributed by atoms with Gasteiger partial charge in [0.1, 0.15) is 11.6 Å². The summed E-state index contributed by atoms with van der Waals surface area (Å²) in [7, 11) is 0. The van der Waals surface area contributed by atoms with Crippen LogP contribution in [-0.2, 0) is 11.2 Å². The second-order valence-electron chi connectivity index (χ2n) is 6.51. The van der Waals surface area contributed by atoms with E-state index in [2.05, 4.69) is 20.9 Å². The number of pyridine rings is 1. The van der Waals surface area contributed by atoms with Crippen molar-refractivity contribution in [3.63, 3.8) is 0 Å². The molecule has 7 heteroatoms. The lowest BCUT2D eigenvalue weighted by Crippen LogP contribution is -2.07. The van der Waals surface area contributed by atoms with Crippen molar-refractivity contribution in [2.45, 2.75) is 6.42 Å². The molecule has 0 radical (unpaired) electrons. The first-order valence-electron chi connectivity index (χ1n) is 9.12. The van der Waals surface area contributed by atoms with Gasteiger partial charge >= 0.3 is 0 Å². The molecule has 0 spiro atoms. The first-order chi connectivity index (χ1) is 14.1. The zero-order valence-corrected chi connectivity index (χ0v) is 15.4. The van der Waals surface area contributed by atoms with Crippen LogP contribution in [0, 0.1) is 11.6 Å². The number of carbonyl (C=O) groups is 1. The lowest BCUT2D eigenvalue weighted by atomic mass is 10.1. The SMILES string of the molecule is O=C1Nc2cccc(F)c2C1=CNc1ccc(NCCc2ccccn2)c(F)c1. The Morgan fingerprint density at radius 1 is 1.03 bits per heavy atom. The Balaban J connectivity index is 1.43. The minimum atomic E-state index is -0.493. The maximum atomic E-state index is 14.4. The zero-order chi connectivity index (χ0) is 20.2. The molecule has 0 saturated heterocycles. The molecular formula is C22H18F2N4O. The molecule has 0 aliphatic carbocycles. The predicted octanol–water partition coefficient (Wildman–Crippen LogP) is 4.42. The van der Waals surface area contributed by atoms with Crippen LogP contribution >= 0.6 is 0 Å². The Morgan fingerprint density at radius 3 is 2.72 bits per heavy atom. The van der Waals surface area contributed by atoms with Gasteiger partial charge < -0.3 is 16.0 Å². The molecule has 0 saturated carbocycles. The van der Waals surface area contributed by atoms with E-state index in [1.807, 2.05) is 18.2 Å². The van der Waals surface area contributed by atoms with Crippen molar-refractivity contribution in [1.29, 1.82) is 0 Å². The lowest BCUT2D eigenvalue weighted by molar-refractivity contribution is -0.110. The largest absolute Gasteiger partial charge is 0.382 e. The number of hydrogen-bond acceptors (Lipinski definition) is 4. The van der Waals surface area contributed by atoms with E-state index in [9.17, 15) is 13.6 Å². The number of anilines is 3. The fourth-order valence-corrected chi connectivity index (χ4v) is 3.12. The molecule has 1 aromatic heterocycles. The van der Waals surface area contributed by atoms with Gasteiger partial charge in [-0.1, -0.05) is 12.1 Å². The van der Waals surface area contributed by atoms with E-state index in [0.29, 0.717) is 30.0 Å². The lowest BCUT2D eigenvalue weighted by Gasteiger charge is -2.09. The molecule has 0 bridgehead atoms. The van der Waals surface area contributed by atoms with Crippen LogP contribution in [-0.4, -0.2) is 17.4 Å². The highest BCUT2D eigenvalue weighted by atomic mass is 19.1. The van der Waals surface area contributed by atoms with Crippen molar-refractivity contribution >= 4 is 28.5 Å². The third-order valence-electron chi connectivity index (χ3n) is 4.55. The number of carbonyl (C=O) groups excluding carboxylic acids is 1. The summed E-state index contributed by atoms with van der Waals surface area (Å²) in [4.78, 5) is 16.3. The van der Waals surface area contributed by atoms with E-state index < -0.39 is 17.5 Å². The number of hydrogen-bond donors (Lipinski definition) is 3. The molecule has 5 nitrogen and oxygen atoms in total. The summed E-state index contributed by atoms with van der Waals surface area (Å²) >= 11 is 0. The van der Waals surface area contributed by atoms with Gasteiger partial charge in [-0.2, -0.15) is 0 Å². The minimum absolute atomic E-state index is 0.163. The number of halogens is 2. The van der Waals surface area contributed by atoms with Gasteiger partial charge in [0.25, 0.3) is 5.91 Å². The minimum Gasteiger partial charge on any atom is -0.382 e. The van der Waals surface area contributed by atoms with Crippen LogP contribution in [0.15, 0.2) is 67.0 Å². The highest BCUT2D eigenvalue weighted by Gasteiger charge is 2.27. The first-order valence-corrected chi connectivity index (χ1v) is 9.12. The Kier molecular flexibility index (Phi) is 5.20. The first kappa shape index (κ1) is 18.6. The van der Waals surface area contributed by atoms with Gasteiger partial charge in [-0.15, -0.1) is 0 Å². The fourth-order valence-electron chi connectivity index (χ4n) is 3.12. The third kappa shape index (κ3) is 4.08. The van der Waals surface area contributed by atoms with E-state index >= 15 is 0 Å². The van der Waals surface area contributed by atoms with Gasteiger partial charge in [0.15, 0.2) is 0 Å². The molecule has 29 heavy (non-hydrogen) atoms. The molecule has 1 aliphatic rings. The average molecular weight is 392 g/mol. The summed E-state index contributed by atoms with van der Waals surface area (Å²) in [5.41, 5.74) is 2.53. The van der Waals surface area contributed by atoms with Crippen LogP contribution in [0.2, 0.25) is 0 Å². The molecule has 0 fully saturated rings. The Bertz CT molecular complexity index is 1080. The van der Waals surface area contributed by atoms with Gasteiger partial charge in [0, 0.05) is 42.3 Å². The van der Waals surface area contributed by atoms with Crippen molar-refractivity contribution in [2.75, 3.05) is 22.5 Å². The molecule has 4 rings (SSSR count). The molecule has 0 unspecified atom stereocenters. The summed E-state index contributed by atoms with van der Waals surface area (Å²) in [6.45, 7) is 0.543. The van der Waals surface area contributed by atoms with E-state index in [1.165, 1.54) is 24.4 Å². The second-order valence-corrected chi connectivity index (χ2v) is 6.51. The monoisotopic (exact) mass is 392 g/mol. The standard InChI is InChI=1S/C22H18F2N4O/c23-17-5-3-6-20-21(17)16(22(29)28-20)13-27-15-7-8-19(18(24)12-15)26-11-9-14-4-1-2-10-25-14/h1-8,10,12-13,26-27H,9,11H2,(H,28,29). The van der Waals surface area contributed by atoms with Crippen LogP contribution < -0.4 is 16.0 Å². The molecule has 2 aromatic carbocycles. The van der Waals surface area contributed by atoms with Gasteiger partial charge in [-0.25, -0.2) is 8.78 Å². The molecule has 1 amide bonds. The normalized spacial score (nSPS) is 13.9. The maximum Gasteiger partial charge on any atom is 0.257 e. The summed E-state index contributed by atoms with van der Waals surface area (Å²) in [6, 6.07) is 14.7. The van der Waals surface area contributed by atoms with Crippen LogP contribution in [0.5, 0.6) is 0 Å². The van der Waals surface area contributed by atoms with Crippen molar-refractivity contribution in [3.8, 4) is 0 Å². The quantitative estimate of drug-likeness (QED) is 0.544. The van der Waals surface area contributed by atoms with Crippen molar-refractivity contribution in [2.24, 2.45) is 0 Å². The smallest absolute Gasteiger partial charge is 0.257 e. The number of rotatable bonds is 6. The van der Waals surface area contributed by atoms with Gasteiger partial charge in [-0.05, 0) is 42.5 Å². The number of aromatic nitrogens is 1. The van der Waals surface area contributed by atoms with Crippen LogP contribution in [0.25, 0.3) is 5.57 Å². The molecule has 146 valence electrons. The fraction of sp³-hybridized carbons (Fsp3) is 0.0909. The van der Waals surface area contributed by atoms with Crippen molar-refractivity contribution in [1.82, 2.24) is 4.98 Å². The summed E-state index contributed by atoms with van der Waals surface area (Å²) in [5, 5.41) is 8.51. The van der Waals surface area contributed by atoms with Crippen molar-refractivity contribution < 1.29 is 13.6 Å². The van der Waals surface area contributed by atoms with Gasteiger partial charge in [0.2, 0.25) is 0 Å². The predicted molar refractivity (Wildman–Crippen MR) is 109 cm³/mol. The number of benzene rings is 2. The topological polar surface area (TPSA) is 66.1 Å². The molecule has 3 aromatic rings. The highest BCUT2D eigenvalue weighted by molar-refractivity contribution is 6.31. The van der Waals surface area contributed by atoms with E-state index in [4.69, 9.17) is 0 Å². The summed E-state index contributed by atoms with van der Waals surface area (Å²) < 4.78 is 28.4. The maximum absolute atomic E-state index is 14.4. The number of fused-ring (bicyclic) bond motifs is 1.